The number of nitrogens with zero attached hydrogens (tertiary/aromatic N) is 1. The first-order valence-corrected chi connectivity index (χ1v) is 12.2. The van der Waals surface area contributed by atoms with Crippen molar-refractivity contribution >= 4 is 21.6 Å². The lowest BCUT2D eigenvalue weighted by Gasteiger charge is -2.27. The highest BCUT2D eigenvalue weighted by atomic mass is 32.2. The van der Waals surface area contributed by atoms with Crippen LogP contribution < -0.4 is 19.1 Å². The van der Waals surface area contributed by atoms with E-state index in [4.69, 9.17) is 9.47 Å². The van der Waals surface area contributed by atoms with E-state index in [2.05, 4.69) is 5.32 Å². The Labute approximate surface area is 194 Å². The van der Waals surface area contributed by atoms with Gasteiger partial charge >= 0.3 is 0 Å². The minimum absolute atomic E-state index is 0.123. The molecule has 0 unspecified atom stereocenters. The SMILES string of the molecule is CCc1ccc(N(CC(=O)NC[C@H]2COc3ccccc3O2)S(=O)(=O)c2ccccc2)cc1. The molecule has 1 aliphatic rings. The van der Waals surface area contributed by atoms with Crippen LogP contribution in [0.1, 0.15) is 12.5 Å². The standard InChI is InChI=1S/C25H26N2O5S/c1-2-19-12-14-20(15-13-19)27(33(29,30)22-8-4-3-5-9-22)17-25(28)26-16-21-18-31-23-10-6-7-11-24(23)32-21/h3-15,21H,2,16-18H2,1H3,(H,26,28)/t21-/m0/s1. The smallest absolute Gasteiger partial charge is 0.264 e. The molecular weight excluding hydrogens is 440 g/mol. The monoisotopic (exact) mass is 466 g/mol. The molecule has 0 saturated carbocycles. The lowest BCUT2D eigenvalue weighted by atomic mass is 10.1. The van der Waals surface area contributed by atoms with Crippen molar-refractivity contribution in [2.75, 3.05) is 24.0 Å². The molecule has 0 saturated heterocycles. The third kappa shape index (κ3) is 5.28. The van der Waals surface area contributed by atoms with Gasteiger partial charge in [-0.1, -0.05) is 49.4 Å². The van der Waals surface area contributed by atoms with Crippen molar-refractivity contribution in [1.82, 2.24) is 5.32 Å². The van der Waals surface area contributed by atoms with Gasteiger partial charge in [0.1, 0.15) is 19.3 Å². The summed E-state index contributed by atoms with van der Waals surface area (Å²) >= 11 is 0. The van der Waals surface area contributed by atoms with Crippen molar-refractivity contribution in [3.05, 3.63) is 84.4 Å². The molecule has 1 amide bonds. The summed E-state index contributed by atoms with van der Waals surface area (Å²) < 4.78 is 39.4. The molecule has 0 aromatic heterocycles. The molecule has 1 atom stereocenters. The summed E-state index contributed by atoms with van der Waals surface area (Å²) in [6, 6.07) is 22.6. The van der Waals surface area contributed by atoms with Crippen molar-refractivity contribution in [2.24, 2.45) is 0 Å². The number of fused-ring (bicyclic) bond motifs is 1. The van der Waals surface area contributed by atoms with E-state index in [-0.39, 0.29) is 24.1 Å². The van der Waals surface area contributed by atoms with Gasteiger partial charge in [0.15, 0.2) is 11.5 Å². The predicted octanol–water partition coefficient (Wildman–Crippen LogP) is 3.40. The number of benzene rings is 3. The molecule has 0 fully saturated rings. The number of nitrogens with one attached hydrogen (secondary N) is 1. The first-order valence-electron chi connectivity index (χ1n) is 10.8. The fourth-order valence-electron chi connectivity index (χ4n) is 3.51. The third-order valence-electron chi connectivity index (χ3n) is 5.35. The van der Waals surface area contributed by atoms with Gasteiger partial charge in [0.2, 0.25) is 5.91 Å². The molecule has 0 radical (unpaired) electrons. The van der Waals surface area contributed by atoms with Crippen LogP contribution in [0.5, 0.6) is 11.5 Å². The lowest BCUT2D eigenvalue weighted by Crippen LogP contribution is -2.45. The Morgan fingerprint density at radius 2 is 1.64 bits per heavy atom. The lowest BCUT2D eigenvalue weighted by molar-refractivity contribution is -0.120. The van der Waals surface area contributed by atoms with Gasteiger partial charge in [0, 0.05) is 0 Å². The van der Waals surface area contributed by atoms with E-state index in [1.807, 2.05) is 37.3 Å². The number of hydrogen-bond acceptors (Lipinski definition) is 5. The second-order valence-electron chi connectivity index (χ2n) is 7.65. The highest BCUT2D eigenvalue weighted by Crippen LogP contribution is 2.30. The van der Waals surface area contributed by atoms with Gasteiger partial charge in [0.25, 0.3) is 10.0 Å². The molecule has 1 N–H and O–H groups in total. The molecule has 3 aromatic carbocycles. The highest BCUT2D eigenvalue weighted by molar-refractivity contribution is 7.92. The predicted molar refractivity (Wildman–Crippen MR) is 126 cm³/mol. The van der Waals surface area contributed by atoms with E-state index in [9.17, 15) is 13.2 Å². The van der Waals surface area contributed by atoms with Crippen LogP contribution in [0.2, 0.25) is 0 Å². The number of hydrogen-bond donors (Lipinski definition) is 1. The molecular formula is C25H26N2O5S. The van der Waals surface area contributed by atoms with Crippen molar-refractivity contribution in [2.45, 2.75) is 24.3 Å². The normalized spacial score (nSPS) is 15.0. The number of aryl methyl sites for hydroxylation is 1. The Kier molecular flexibility index (Phi) is 6.84. The van der Waals surface area contributed by atoms with Gasteiger partial charge in [-0.3, -0.25) is 9.10 Å². The summed E-state index contributed by atoms with van der Waals surface area (Å²) in [6.45, 7) is 2.16. The summed E-state index contributed by atoms with van der Waals surface area (Å²) in [7, 11) is -3.94. The van der Waals surface area contributed by atoms with E-state index in [0.29, 0.717) is 23.8 Å². The van der Waals surface area contributed by atoms with Gasteiger partial charge in [-0.2, -0.15) is 0 Å². The summed E-state index contributed by atoms with van der Waals surface area (Å²) in [5.74, 6) is 0.847. The largest absolute Gasteiger partial charge is 0.486 e. The van der Waals surface area contributed by atoms with Crippen molar-refractivity contribution in [1.29, 1.82) is 0 Å². The average Bonchev–Trinajstić information content (AvgIpc) is 2.86. The molecule has 3 aromatic rings. The first-order chi connectivity index (χ1) is 16.0. The Morgan fingerprint density at radius 1 is 0.970 bits per heavy atom. The van der Waals surface area contributed by atoms with Crippen molar-refractivity contribution < 1.29 is 22.7 Å². The zero-order chi connectivity index (χ0) is 23.3. The summed E-state index contributed by atoms with van der Waals surface area (Å²) in [6.07, 6.45) is 0.463. The van der Waals surface area contributed by atoms with Crippen LogP contribution in [0.3, 0.4) is 0 Å². The topological polar surface area (TPSA) is 84.9 Å². The third-order valence-corrected chi connectivity index (χ3v) is 7.13. The fourth-order valence-corrected chi connectivity index (χ4v) is 4.95. The van der Waals surface area contributed by atoms with Crippen molar-refractivity contribution in [3.63, 3.8) is 0 Å². The van der Waals surface area contributed by atoms with Crippen LogP contribution in [0, 0.1) is 0 Å². The molecule has 1 heterocycles. The zero-order valence-corrected chi connectivity index (χ0v) is 19.1. The number of carbonyl (C=O) groups excluding carboxylic acids is 1. The summed E-state index contributed by atoms with van der Waals surface area (Å²) in [5, 5.41) is 2.78. The van der Waals surface area contributed by atoms with Gasteiger partial charge in [-0.25, -0.2) is 8.42 Å². The molecule has 0 spiro atoms. The second kappa shape index (κ2) is 9.95. The highest BCUT2D eigenvalue weighted by Gasteiger charge is 2.28. The van der Waals surface area contributed by atoms with Gasteiger partial charge < -0.3 is 14.8 Å². The molecule has 172 valence electrons. The Hall–Kier alpha value is -3.52. The number of anilines is 1. The molecule has 1 aliphatic heterocycles. The number of para-hydroxylation sites is 2. The number of ether oxygens (including phenoxy) is 2. The zero-order valence-electron chi connectivity index (χ0n) is 18.3. The van der Waals surface area contributed by atoms with Crippen LogP contribution in [0.4, 0.5) is 5.69 Å². The fraction of sp³-hybridized carbons (Fsp3) is 0.240. The van der Waals surface area contributed by atoms with Gasteiger partial charge in [0.05, 0.1) is 17.1 Å². The second-order valence-corrected chi connectivity index (χ2v) is 9.51. The maximum Gasteiger partial charge on any atom is 0.264 e. The quantitative estimate of drug-likeness (QED) is 0.550. The van der Waals surface area contributed by atoms with E-state index in [0.717, 1.165) is 16.3 Å². The maximum atomic E-state index is 13.4. The number of sulfonamides is 1. The van der Waals surface area contributed by atoms with Crippen molar-refractivity contribution in [3.8, 4) is 11.5 Å². The Balaban J connectivity index is 1.48. The summed E-state index contributed by atoms with van der Waals surface area (Å²) in [5.41, 5.74) is 1.51. The Bertz CT molecular complexity index is 1200. The van der Waals surface area contributed by atoms with Gasteiger partial charge in [-0.05, 0) is 48.4 Å². The summed E-state index contributed by atoms with van der Waals surface area (Å²) in [4.78, 5) is 12.9. The first kappa shape index (κ1) is 22.7. The van der Waals surface area contributed by atoms with Crippen LogP contribution in [-0.4, -0.2) is 40.1 Å². The maximum absolute atomic E-state index is 13.4. The number of amides is 1. The van der Waals surface area contributed by atoms with Crippen LogP contribution >= 0.6 is 0 Å². The minimum atomic E-state index is -3.94. The average molecular weight is 467 g/mol. The van der Waals surface area contributed by atoms with Crippen LogP contribution in [-0.2, 0) is 21.2 Å². The van der Waals surface area contributed by atoms with E-state index in [1.54, 1.807) is 36.4 Å². The number of rotatable bonds is 8. The molecule has 0 bridgehead atoms. The molecule has 7 nitrogen and oxygen atoms in total. The van der Waals surface area contributed by atoms with Crippen LogP contribution in [0.25, 0.3) is 0 Å². The minimum Gasteiger partial charge on any atom is -0.486 e. The van der Waals surface area contributed by atoms with E-state index in [1.165, 1.54) is 12.1 Å². The van der Waals surface area contributed by atoms with Gasteiger partial charge in [-0.15, -0.1) is 0 Å². The molecule has 33 heavy (non-hydrogen) atoms. The Morgan fingerprint density at radius 3 is 2.33 bits per heavy atom. The molecule has 0 aliphatic carbocycles. The van der Waals surface area contributed by atoms with E-state index >= 15 is 0 Å². The molecule has 8 heteroatoms. The van der Waals surface area contributed by atoms with E-state index < -0.39 is 15.9 Å². The molecule has 4 rings (SSSR count). The van der Waals surface area contributed by atoms with Crippen LogP contribution in [0.15, 0.2) is 83.8 Å². The number of carbonyl (C=O) groups is 1.